The van der Waals surface area contributed by atoms with E-state index in [0.717, 1.165) is 11.3 Å². The average molecular weight is 243 g/mol. The van der Waals surface area contributed by atoms with Crippen LogP contribution < -0.4 is 0 Å². The van der Waals surface area contributed by atoms with Gasteiger partial charge in [0.15, 0.2) is 5.69 Å². The third-order valence-corrected chi connectivity index (χ3v) is 3.11. The molecule has 0 spiro atoms. The third kappa shape index (κ3) is 2.09. The second-order valence-corrected chi connectivity index (χ2v) is 4.49. The standard InChI is InChI=1S/C11H8F3NS/c1-7-9(11(12,13)14)15-10(16-7)8-5-3-2-4-6-8/h2-6H,1H3. The largest absolute Gasteiger partial charge is 0.434 e. The summed E-state index contributed by atoms with van der Waals surface area (Å²) in [7, 11) is 0. The molecule has 0 aliphatic rings. The summed E-state index contributed by atoms with van der Waals surface area (Å²) in [6, 6.07) is 8.87. The van der Waals surface area contributed by atoms with Crippen LogP contribution in [0.1, 0.15) is 10.6 Å². The molecule has 0 saturated carbocycles. The lowest BCUT2D eigenvalue weighted by Crippen LogP contribution is -2.06. The van der Waals surface area contributed by atoms with E-state index in [-0.39, 0.29) is 4.88 Å². The van der Waals surface area contributed by atoms with E-state index in [1.54, 1.807) is 24.3 Å². The van der Waals surface area contributed by atoms with E-state index in [1.807, 2.05) is 6.07 Å². The number of halogens is 3. The first kappa shape index (κ1) is 11.1. The molecule has 16 heavy (non-hydrogen) atoms. The summed E-state index contributed by atoms with van der Waals surface area (Å²) in [6.07, 6.45) is -4.37. The molecular formula is C11H8F3NS. The first-order valence-electron chi connectivity index (χ1n) is 4.58. The number of nitrogens with zero attached hydrogens (tertiary/aromatic N) is 1. The van der Waals surface area contributed by atoms with Crippen molar-refractivity contribution in [3.05, 3.63) is 40.9 Å². The van der Waals surface area contributed by atoms with Crippen LogP contribution >= 0.6 is 11.3 Å². The quantitative estimate of drug-likeness (QED) is 0.733. The summed E-state index contributed by atoms with van der Waals surface area (Å²) < 4.78 is 37.6. The predicted molar refractivity (Wildman–Crippen MR) is 57.3 cm³/mol. The van der Waals surface area contributed by atoms with Gasteiger partial charge in [0, 0.05) is 10.4 Å². The van der Waals surface area contributed by atoms with Gasteiger partial charge in [0.2, 0.25) is 0 Å². The van der Waals surface area contributed by atoms with E-state index in [2.05, 4.69) is 4.98 Å². The van der Waals surface area contributed by atoms with Crippen molar-refractivity contribution in [3.8, 4) is 10.6 Å². The molecule has 1 nitrogen and oxygen atoms in total. The maximum absolute atomic E-state index is 12.5. The number of aryl methyl sites for hydroxylation is 1. The predicted octanol–water partition coefficient (Wildman–Crippen LogP) is 4.14. The summed E-state index contributed by atoms with van der Waals surface area (Å²) in [5.74, 6) is 0. The van der Waals surface area contributed by atoms with Crippen molar-refractivity contribution in [1.82, 2.24) is 4.98 Å². The molecule has 0 fully saturated rings. The Morgan fingerprint density at radius 3 is 2.25 bits per heavy atom. The highest BCUT2D eigenvalue weighted by molar-refractivity contribution is 7.15. The molecule has 2 aromatic rings. The van der Waals surface area contributed by atoms with Gasteiger partial charge in [-0.25, -0.2) is 4.98 Å². The molecule has 84 valence electrons. The van der Waals surface area contributed by atoms with Crippen molar-refractivity contribution in [3.63, 3.8) is 0 Å². The van der Waals surface area contributed by atoms with Gasteiger partial charge in [0.1, 0.15) is 5.01 Å². The topological polar surface area (TPSA) is 12.9 Å². The maximum Gasteiger partial charge on any atom is 0.434 e. The molecule has 0 bridgehead atoms. The highest BCUT2D eigenvalue weighted by Gasteiger charge is 2.36. The number of hydrogen-bond acceptors (Lipinski definition) is 2. The first-order chi connectivity index (χ1) is 7.48. The summed E-state index contributed by atoms with van der Waals surface area (Å²) in [6.45, 7) is 1.44. The molecule has 1 aromatic heterocycles. The monoisotopic (exact) mass is 243 g/mol. The molecule has 0 aliphatic heterocycles. The summed E-state index contributed by atoms with van der Waals surface area (Å²) >= 11 is 1.06. The van der Waals surface area contributed by atoms with Crippen molar-refractivity contribution < 1.29 is 13.2 Å². The van der Waals surface area contributed by atoms with Gasteiger partial charge in [0.25, 0.3) is 0 Å². The Kier molecular flexibility index (Phi) is 2.71. The van der Waals surface area contributed by atoms with E-state index in [4.69, 9.17) is 0 Å². The Morgan fingerprint density at radius 1 is 1.12 bits per heavy atom. The Hall–Kier alpha value is -1.36. The zero-order chi connectivity index (χ0) is 11.8. The molecule has 0 radical (unpaired) electrons. The van der Waals surface area contributed by atoms with Crippen LogP contribution in [0.5, 0.6) is 0 Å². The van der Waals surface area contributed by atoms with E-state index < -0.39 is 11.9 Å². The zero-order valence-electron chi connectivity index (χ0n) is 8.38. The van der Waals surface area contributed by atoms with Gasteiger partial charge in [-0.1, -0.05) is 30.3 Å². The van der Waals surface area contributed by atoms with Gasteiger partial charge < -0.3 is 0 Å². The number of hydrogen-bond donors (Lipinski definition) is 0. The van der Waals surface area contributed by atoms with Crippen LogP contribution in [0.15, 0.2) is 30.3 Å². The van der Waals surface area contributed by atoms with Gasteiger partial charge in [-0.05, 0) is 6.92 Å². The minimum absolute atomic E-state index is 0.200. The maximum atomic E-state index is 12.5. The Balaban J connectivity index is 2.47. The smallest absolute Gasteiger partial charge is 0.231 e. The first-order valence-corrected chi connectivity index (χ1v) is 5.40. The molecule has 0 saturated heterocycles. The molecule has 1 aromatic carbocycles. The highest BCUT2D eigenvalue weighted by atomic mass is 32.1. The second kappa shape index (κ2) is 3.90. The molecule has 0 N–H and O–H groups in total. The molecule has 2 rings (SSSR count). The lowest BCUT2D eigenvalue weighted by Gasteiger charge is -2.02. The fourth-order valence-electron chi connectivity index (χ4n) is 1.36. The number of benzene rings is 1. The van der Waals surface area contributed by atoms with E-state index in [9.17, 15) is 13.2 Å². The van der Waals surface area contributed by atoms with Crippen molar-refractivity contribution in [1.29, 1.82) is 0 Å². The van der Waals surface area contributed by atoms with Gasteiger partial charge in [-0.3, -0.25) is 0 Å². The molecule has 1 heterocycles. The minimum Gasteiger partial charge on any atom is -0.231 e. The Labute approximate surface area is 94.6 Å². The van der Waals surface area contributed by atoms with Gasteiger partial charge >= 0.3 is 6.18 Å². The summed E-state index contributed by atoms with van der Waals surface area (Å²) in [5.41, 5.74) is -0.0672. The van der Waals surface area contributed by atoms with Gasteiger partial charge in [0.05, 0.1) is 0 Å². The lowest BCUT2D eigenvalue weighted by atomic mass is 10.2. The SMILES string of the molecule is Cc1sc(-c2ccccc2)nc1C(F)(F)F. The fourth-order valence-corrected chi connectivity index (χ4v) is 2.30. The highest BCUT2D eigenvalue weighted by Crippen LogP contribution is 2.36. The molecule has 5 heteroatoms. The summed E-state index contributed by atoms with van der Waals surface area (Å²) in [5, 5.41) is 0.408. The average Bonchev–Trinajstić information content (AvgIpc) is 2.61. The van der Waals surface area contributed by atoms with Crippen LogP contribution in [0.2, 0.25) is 0 Å². The lowest BCUT2D eigenvalue weighted by molar-refractivity contribution is -0.141. The van der Waals surface area contributed by atoms with Crippen molar-refractivity contribution in [2.24, 2.45) is 0 Å². The van der Waals surface area contributed by atoms with Crippen LogP contribution in [0.25, 0.3) is 10.6 Å². The molecule has 0 unspecified atom stereocenters. The van der Waals surface area contributed by atoms with Crippen molar-refractivity contribution >= 4 is 11.3 Å². The number of thiazole rings is 1. The van der Waals surface area contributed by atoms with Gasteiger partial charge in [-0.2, -0.15) is 13.2 Å². The van der Waals surface area contributed by atoms with E-state index in [1.165, 1.54) is 6.92 Å². The van der Waals surface area contributed by atoms with Crippen molar-refractivity contribution in [2.75, 3.05) is 0 Å². The van der Waals surface area contributed by atoms with Crippen molar-refractivity contribution in [2.45, 2.75) is 13.1 Å². The molecule has 0 atom stereocenters. The normalized spacial score (nSPS) is 11.8. The van der Waals surface area contributed by atoms with Gasteiger partial charge in [-0.15, -0.1) is 11.3 Å². The number of alkyl halides is 3. The van der Waals surface area contributed by atoms with Crippen LogP contribution in [0, 0.1) is 6.92 Å². The third-order valence-electron chi connectivity index (χ3n) is 2.09. The second-order valence-electron chi connectivity index (χ2n) is 3.29. The fraction of sp³-hybridized carbons (Fsp3) is 0.182. The van der Waals surface area contributed by atoms with Crippen LogP contribution in [0.3, 0.4) is 0 Å². The number of aromatic nitrogens is 1. The van der Waals surface area contributed by atoms with E-state index in [0.29, 0.717) is 10.6 Å². The summed E-state index contributed by atoms with van der Waals surface area (Å²) in [4.78, 5) is 3.85. The Morgan fingerprint density at radius 2 is 1.75 bits per heavy atom. The number of rotatable bonds is 1. The van der Waals surface area contributed by atoms with Crippen LogP contribution in [-0.4, -0.2) is 4.98 Å². The molecular weight excluding hydrogens is 235 g/mol. The molecule has 0 amide bonds. The Bertz CT molecular complexity index is 488. The zero-order valence-corrected chi connectivity index (χ0v) is 9.19. The molecule has 0 aliphatic carbocycles. The van der Waals surface area contributed by atoms with Crippen LogP contribution in [-0.2, 0) is 6.18 Å². The minimum atomic E-state index is -4.37. The van der Waals surface area contributed by atoms with E-state index >= 15 is 0 Å². The van der Waals surface area contributed by atoms with Crippen LogP contribution in [0.4, 0.5) is 13.2 Å².